The van der Waals surface area contributed by atoms with Gasteiger partial charge in [-0.15, -0.1) is 11.6 Å². The first-order chi connectivity index (χ1) is 8.92. The standard InChI is InChI=1S/C13H12ClF3O2/c1-10-7-12(5-4-11(10)3-2-6-14)19-9-18-8-13(15,16)17/h4-5,7H,6,8-9H2,1H3. The average Bonchev–Trinajstić information content (AvgIpc) is 2.32. The molecule has 0 spiro atoms. The lowest BCUT2D eigenvalue weighted by Gasteiger charge is -2.10. The molecule has 104 valence electrons. The van der Waals surface area contributed by atoms with Crippen molar-refractivity contribution in [2.45, 2.75) is 13.1 Å². The molecule has 0 unspecified atom stereocenters. The summed E-state index contributed by atoms with van der Waals surface area (Å²) in [6, 6.07) is 5.01. The van der Waals surface area contributed by atoms with Gasteiger partial charge in [0.25, 0.3) is 0 Å². The molecule has 19 heavy (non-hydrogen) atoms. The third kappa shape index (κ3) is 6.37. The molecule has 0 aliphatic heterocycles. The minimum absolute atomic E-state index is 0.239. The number of alkyl halides is 4. The Labute approximate surface area is 114 Å². The Morgan fingerprint density at radius 3 is 2.63 bits per heavy atom. The lowest BCUT2D eigenvalue weighted by Crippen LogP contribution is -2.19. The molecule has 0 heterocycles. The smallest absolute Gasteiger partial charge is 0.411 e. The molecule has 6 heteroatoms. The predicted octanol–water partition coefficient (Wildman–Crippen LogP) is 3.50. The minimum Gasteiger partial charge on any atom is -0.468 e. The zero-order valence-corrected chi connectivity index (χ0v) is 10.9. The summed E-state index contributed by atoms with van der Waals surface area (Å²) in [6.45, 7) is 0.0403. The summed E-state index contributed by atoms with van der Waals surface area (Å²) in [4.78, 5) is 0. The second-order valence-corrected chi connectivity index (χ2v) is 3.91. The van der Waals surface area contributed by atoms with Gasteiger partial charge in [0.15, 0.2) is 6.79 Å². The predicted molar refractivity (Wildman–Crippen MR) is 66.3 cm³/mol. The van der Waals surface area contributed by atoms with E-state index in [0.29, 0.717) is 5.75 Å². The van der Waals surface area contributed by atoms with E-state index < -0.39 is 19.6 Å². The summed E-state index contributed by atoms with van der Waals surface area (Å²) in [5.41, 5.74) is 1.65. The molecule has 0 amide bonds. The molecular formula is C13H12ClF3O2. The lowest BCUT2D eigenvalue weighted by molar-refractivity contribution is -0.186. The van der Waals surface area contributed by atoms with Crippen LogP contribution in [0.1, 0.15) is 11.1 Å². The van der Waals surface area contributed by atoms with Gasteiger partial charge in [0.05, 0.1) is 5.88 Å². The molecule has 1 aromatic carbocycles. The third-order valence-electron chi connectivity index (χ3n) is 2.06. The van der Waals surface area contributed by atoms with Crippen molar-refractivity contribution in [3.05, 3.63) is 29.3 Å². The first-order valence-corrected chi connectivity index (χ1v) is 5.88. The molecule has 0 N–H and O–H groups in total. The van der Waals surface area contributed by atoms with Crippen molar-refractivity contribution in [2.75, 3.05) is 19.3 Å². The number of halogens is 4. The zero-order chi connectivity index (χ0) is 14.3. The van der Waals surface area contributed by atoms with Crippen molar-refractivity contribution in [3.63, 3.8) is 0 Å². The summed E-state index contributed by atoms with van der Waals surface area (Å²) in [5.74, 6) is 6.24. The molecule has 0 saturated heterocycles. The second-order valence-electron chi connectivity index (χ2n) is 3.64. The molecule has 1 aromatic rings. The Balaban J connectivity index is 2.50. The number of ether oxygens (including phenoxy) is 2. The Morgan fingerprint density at radius 1 is 1.32 bits per heavy atom. The maximum absolute atomic E-state index is 11.8. The van der Waals surface area contributed by atoms with Gasteiger partial charge in [0, 0.05) is 5.56 Å². The van der Waals surface area contributed by atoms with Gasteiger partial charge in [-0.2, -0.15) is 13.2 Å². The van der Waals surface area contributed by atoms with Crippen LogP contribution in [-0.2, 0) is 4.74 Å². The number of hydrogen-bond donors (Lipinski definition) is 0. The van der Waals surface area contributed by atoms with E-state index in [9.17, 15) is 13.2 Å². The quantitative estimate of drug-likeness (QED) is 0.366. The van der Waals surface area contributed by atoms with Crippen molar-refractivity contribution in [3.8, 4) is 17.6 Å². The normalized spacial score (nSPS) is 10.8. The van der Waals surface area contributed by atoms with Crippen LogP contribution in [0.5, 0.6) is 5.75 Å². The highest BCUT2D eigenvalue weighted by Gasteiger charge is 2.27. The summed E-state index contributed by atoms with van der Waals surface area (Å²) >= 11 is 5.45. The largest absolute Gasteiger partial charge is 0.468 e. The van der Waals surface area contributed by atoms with Gasteiger partial charge >= 0.3 is 6.18 Å². The van der Waals surface area contributed by atoms with E-state index in [1.165, 1.54) is 0 Å². The van der Waals surface area contributed by atoms with E-state index in [4.69, 9.17) is 16.3 Å². The monoisotopic (exact) mass is 292 g/mol. The Kier molecular flexibility index (Phi) is 6.00. The van der Waals surface area contributed by atoms with Crippen LogP contribution < -0.4 is 4.74 Å². The van der Waals surface area contributed by atoms with Gasteiger partial charge in [-0.1, -0.05) is 11.8 Å². The van der Waals surface area contributed by atoms with E-state index in [1.807, 2.05) is 6.92 Å². The molecule has 1 rings (SSSR count). The van der Waals surface area contributed by atoms with E-state index in [-0.39, 0.29) is 5.88 Å². The number of rotatable bonds is 4. The van der Waals surface area contributed by atoms with Crippen LogP contribution in [0.4, 0.5) is 13.2 Å². The summed E-state index contributed by atoms with van der Waals surface area (Å²) in [7, 11) is 0. The van der Waals surface area contributed by atoms with Crippen molar-refractivity contribution >= 4 is 11.6 Å². The molecule has 0 atom stereocenters. The average molecular weight is 293 g/mol. The summed E-state index contributed by atoms with van der Waals surface area (Å²) < 4.78 is 44.8. The Bertz CT molecular complexity index is 475. The number of benzene rings is 1. The van der Waals surface area contributed by atoms with Crippen LogP contribution in [-0.4, -0.2) is 25.5 Å². The maximum Gasteiger partial charge on any atom is 0.411 e. The third-order valence-corrected chi connectivity index (χ3v) is 2.20. The van der Waals surface area contributed by atoms with Crippen LogP contribution in [0.15, 0.2) is 18.2 Å². The van der Waals surface area contributed by atoms with E-state index in [1.54, 1.807) is 18.2 Å². The fraction of sp³-hybridized carbons (Fsp3) is 0.385. The highest BCUT2D eigenvalue weighted by atomic mass is 35.5. The lowest BCUT2D eigenvalue weighted by atomic mass is 10.1. The molecule has 0 aliphatic carbocycles. The van der Waals surface area contributed by atoms with E-state index in [2.05, 4.69) is 16.6 Å². The molecule has 2 nitrogen and oxygen atoms in total. The van der Waals surface area contributed by atoms with Crippen molar-refractivity contribution < 1.29 is 22.6 Å². The Hall–Kier alpha value is -1.38. The SMILES string of the molecule is Cc1cc(OCOCC(F)(F)F)ccc1C#CCCl. The molecule has 0 fully saturated rings. The summed E-state index contributed by atoms with van der Waals surface area (Å²) in [6.07, 6.45) is -4.35. The van der Waals surface area contributed by atoms with E-state index in [0.717, 1.165) is 11.1 Å². The van der Waals surface area contributed by atoms with Crippen molar-refractivity contribution in [1.82, 2.24) is 0 Å². The van der Waals surface area contributed by atoms with Crippen LogP contribution in [0.2, 0.25) is 0 Å². The van der Waals surface area contributed by atoms with Crippen LogP contribution in [0.3, 0.4) is 0 Å². The summed E-state index contributed by atoms with van der Waals surface area (Å²) in [5, 5.41) is 0. The molecule has 0 radical (unpaired) electrons. The molecule has 0 saturated carbocycles. The van der Waals surface area contributed by atoms with Gasteiger partial charge in [-0.25, -0.2) is 0 Å². The van der Waals surface area contributed by atoms with Crippen molar-refractivity contribution in [1.29, 1.82) is 0 Å². The minimum atomic E-state index is -4.35. The fourth-order valence-electron chi connectivity index (χ4n) is 1.26. The second kappa shape index (κ2) is 7.27. The highest BCUT2D eigenvalue weighted by Crippen LogP contribution is 2.18. The van der Waals surface area contributed by atoms with Gasteiger partial charge in [0.2, 0.25) is 0 Å². The van der Waals surface area contributed by atoms with Crippen LogP contribution >= 0.6 is 11.6 Å². The maximum atomic E-state index is 11.8. The van der Waals surface area contributed by atoms with Crippen molar-refractivity contribution in [2.24, 2.45) is 0 Å². The van der Waals surface area contributed by atoms with Gasteiger partial charge in [-0.3, -0.25) is 0 Å². The van der Waals surface area contributed by atoms with Gasteiger partial charge in [0.1, 0.15) is 12.4 Å². The van der Waals surface area contributed by atoms with Crippen LogP contribution in [0.25, 0.3) is 0 Å². The molecule has 0 aliphatic rings. The van der Waals surface area contributed by atoms with E-state index >= 15 is 0 Å². The zero-order valence-electron chi connectivity index (χ0n) is 10.2. The molecular weight excluding hydrogens is 281 g/mol. The number of aryl methyl sites for hydroxylation is 1. The fourth-order valence-corrected chi connectivity index (χ4v) is 1.33. The first-order valence-electron chi connectivity index (χ1n) is 5.35. The molecule has 0 aromatic heterocycles. The van der Waals surface area contributed by atoms with Crippen LogP contribution in [0, 0.1) is 18.8 Å². The van der Waals surface area contributed by atoms with Gasteiger partial charge in [-0.05, 0) is 30.7 Å². The topological polar surface area (TPSA) is 18.5 Å². The Morgan fingerprint density at radius 2 is 2.05 bits per heavy atom. The first kappa shape index (κ1) is 15.7. The molecule has 0 bridgehead atoms. The highest BCUT2D eigenvalue weighted by molar-refractivity contribution is 6.19. The van der Waals surface area contributed by atoms with Gasteiger partial charge < -0.3 is 9.47 Å². The number of hydrogen-bond acceptors (Lipinski definition) is 2.